The monoisotopic (exact) mass is 410 g/mol. The normalized spacial score (nSPS) is 27.9. The number of ether oxygens (including phenoxy) is 1. The molecule has 7 nitrogen and oxygen atoms in total. The van der Waals surface area contributed by atoms with E-state index in [4.69, 9.17) is 4.74 Å². The highest BCUT2D eigenvalue weighted by Crippen LogP contribution is 2.39. The third kappa shape index (κ3) is 4.69. The van der Waals surface area contributed by atoms with Crippen molar-refractivity contribution in [2.75, 3.05) is 32.8 Å². The van der Waals surface area contributed by atoms with Crippen LogP contribution in [0.1, 0.15) is 41.7 Å². The molecule has 160 valence electrons. The van der Waals surface area contributed by atoms with Crippen LogP contribution in [0.4, 0.5) is 0 Å². The Bertz CT molecular complexity index is 814. The van der Waals surface area contributed by atoms with Crippen molar-refractivity contribution in [3.8, 4) is 0 Å². The SMILES string of the molecule is O=C(NC[C@]1(c2ccccc2)CC[C@H](O)[C@@H](N2CCOCC2)CC1)c1cnccn1. The van der Waals surface area contributed by atoms with Gasteiger partial charge >= 0.3 is 0 Å². The van der Waals surface area contributed by atoms with Crippen LogP contribution in [0.2, 0.25) is 0 Å². The van der Waals surface area contributed by atoms with Crippen molar-refractivity contribution < 1.29 is 14.6 Å². The zero-order valence-electron chi connectivity index (χ0n) is 17.2. The predicted octanol–water partition coefficient (Wildman–Crippen LogP) is 1.78. The van der Waals surface area contributed by atoms with E-state index < -0.39 is 0 Å². The molecule has 2 heterocycles. The molecule has 2 aromatic rings. The zero-order chi connectivity index (χ0) is 20.8. The maximum absolute atomic E-state index is 12.6. The van der Waals surface area contributed by atoms with Gasteiger partial charge in [0.15, 0.2) is 0 Å². The zero-order valence-corrected chi connectivity index (χ0v) is 17.2. The van der Waals surface area contributed by atoms with Crippen LogP contribution in [-0.4, -0.2) is 70.9 Å². The molecule has 2 aliphatic rings. The molecule has 4 rings (SSSR count). The van der Waals surface area contributed by atoms with Crippen LogP contribution in [-0.2, 0) is 10.2 Å². The summed E-state index contributed by atoms with van der Waals surface area (Å²) in [5.74, 6) is -0.215. The Hall–Kier alpha value is -2.35. The topological polar surface area (TPSA) is 87.6 Å². The highest BCUT2D eigenvalue weighted by atomic mass is 16.5. The molecule has 0 bridgehead atoms. The molecule has 1 aliphatic carbocycles. The molecule has 2 N–H and O–H groups in total. The van der Waals surface area contributed by atoms with Crippen LogP contribution in [0.5, 0.6) is 0 Å². The second kappa shape index (κ2) is 9.64. The molecule has 3 atom stereocenters. The molecule has 1 aromatic heterocycles. The maximum atomic E-state index is 12.6. The standard InChI is InChI=1S/C23H30N4O3/c28-21-7-9-23(18-4-2-1-3-5-18,8-6-20(21)27-12-14-30-15-13-27)17-26-22(29)19-16-24-10-11-25-19/h1-5,10-11,16,20-21,28H,6-9,12-15,17H2,(H,26,29)/t20-,21-,23+/m0/s1. The number of hydrogen-bond donors (Lipinski definition) is 2. The summed E-state index contributed by atoms with van der Waals surface area (Å²) in [6.45, 7) is 3.68. The summed E-state index contributed by atoms with van der Waals surface area (Å²) in [7, 11) is 0. The first-order chi connectivity index (χ1) is 14.7. The van der Waals surface area contributed by atoms with Crippen molar-refractivity contribution in [3.05, 3.63) is 60.2 Å². The summed E-state index contributed by atoms with van der Waals surface area (Å²) in [4.78, 5) is 23.1. The lowest BCUT2D eigenvalue weighted by molar-refractivity contribution is -0.0236. The first-order valence-corrected chi connectivity index (χ1v) is 10.8. The predicted molar refractivity (Wildman–Crippen MR) is 113 cm³/mol. The van der Waals surface area contributed by atoms with E-state index in [2.05, 4.69) is 32.3 Å². The minimum Gasteiger partial charge on any atom is -0.391 e. The number of rotatable bonds is 5. The fraction of sp³-hybridized carbons (Fsp3) is 0.522. The summed E-state index contributed by atoms with van der Waals surface area (Å²) in [5, 5.41) is 14.0. The van der Waals surface area contributed by atoms with Crippen LogP contribution in [0.25, 0.3) is 0 Å². The Morgan fingerprint density at radius 3 is 2.67 bits per heavy atom. The molecule has 1 aliphatic heterocycles. The van der Waals surface area contributed by atoms with E-state index in [0.717, 1.165) is 45.6 Å². The van der Waals surface area contributed by atoms with Gasteiger partial charge in [-0.25, -0.2) is 4.98 Å². The lowest BCUT2D eigenvalue weighted by Crippen LogP contribution is -2.48. The van der Waals surface area contributed by atoms with Gasteiger partial charge in [0, 0.05) is 43.5 Å². The van der Waals surface area contributed by atoms with Crippen molar-refractivity contribution in [1.29, 1.82) is 0 Å². The molecule has 30 heavy (non-hydrogen) atoms. The number of amides is 1. The van der Waals surface area contributed by atoms with E-state index in [1.54, 1.807) is 6.20 Å². The highest BCUT2D eigenvalue weighted by molar-refractivity contribution is 5.91. The molecule has 0 radical (unpaired) electrons. The Kier molecular flexibility index (Phi) is 6.72. The number of hydrogen-bond acceptors (Lipinski definition) is 6. The van der Waals surface area contributed by atoms with Crippen LogP contribution in [0.3, 0.4) is 0 Å². The fourth-order valence-corrected chi connectivity index (χ4v) is 4.81. The van der Waals surface area contributed by atoms with Gasteiger partial charge in [-0.2, -0.15) is 0 Å². The van der Waals surface area contributed by atoms with Crippen LogP contribution in [0.15, 0.2) is 48.9 Å². The molecular formula is C23H30N4O3. The highest BCUT2D eigenvalue weighted by Gasteiger charge is 2.40. The Morgan fingerprint density at radius 1 is 1.17 bits per heavy atom. The molecular weight excluding hydrogens is 380 g/mol. The van der Waals surface area contributed by atoms with E-state index in [9.17, 15) is 9.90 Å². The Morgan fingerprint density at radius 2 is 1.93 bits per heavy atom. The largest absolute Gasteiger partial charge is 0.391 e. The third-order valence-corrected chi connectivity index (χ3v) is 6.57. The maximum Gasteiger partial charge on any atom is 0.271 e. The number of benzene rings is 1. The van der Waals surface area contributed by atoms with Gasteiger partial charge in [-0.1, -0.05) is 30.3 Å². The van der Waals surface area contributed by atoms with Gasteiger partial charge in [0.1, 0.15) is 5.69 Å². The summed E-state index contributed by atoms with van der Waals surface area (Å²) in [6, 6.07) is 10.5. The molecule has 1 amide bonds. The van der Waals surface area contributed by atoms with E-state index in [1.165, 1.54) is 18.0 Å². The number of carbonyl (C=O) groups excluding carboxylic acids is 1. The molecule has 7 heteroatoms. The Labute approximate surface area is 177 Å². The van der Waals surface area contributed by atoms with Gasteiger partial charge in [0.2, 0.25) is 0 Å². The number of nitrogens with zero attached hydrogens (tertiary/aromatic N) is 3. The van der Waals surface area contributed by atoms with Crippen LogP contribution in [0, 0.1) is 0 Å². The number of carbonyl (C=O) groups is 1. The molecule has 0 spiro atoms. The minimum absolute atomic E-state index is 0.134. The second-order valence-corrected chi connectivity index (χ2v) is 8.28. The molecule has 2 fully saturated rings. The van der Waals surface area contributed by atoms with E-state index in [0.29, 0.717) is 18.7 Å². The Balaban J connectivity index is 1.53. The summed E-state index contributed by atoms with van der Waals surface area (Å²) in [5.41, 5.74) is 1.31. The fourth-order valence-electron chi connectivity index (χ4n) is 4.81. The minimum atomic E-state index is -0.371. The van der Waals surface area contributed by atoms with Crippen molar-refractivity contribution in [2.24, 2.45) is 0 Å². The summed E-state index contributed by atoms with van der Waals surface area (Å²) >= 11 is 0. The van der Waals surface area contributed by atoms with Crippen molar-refractivity contribution in [2.45, 2.75) is 43.2 Å². The van der Waals surface area contributed by atoms with Crippen molar-refractivity contribution >= 4 is 5.91 Å². The molecule has 1 saturated carbocycles. The third-order valence-electron chi connectivity index (χ3n) is 6.57. The number of nitrogens with one attached hydrogen (secondary N) is 1. The molecule has 1 saturated heterocycles. The van der Waals surface area contributed by atoms with Gasteiger partial charge in [-0.15, -0.1) is 0 Å². The van der Waals surface area contributed by atoms with Crippen molar-refractivity contribution in [1.82, 2.24) is 20.2 Å². The number of aliphatic hydroxyl groups is 1. The van der Waals surface area contributed by atoms with Gasteiger partial charge in [-0.3, -0.25) is 14.7 Å². The summed E-state index contributed by atoms with van der Waals surface area (Å²) < 4.78 is 5.49. The number of aromatic nitrogens is 2. The van der Waals surface area contributed by atoms with Crippen LogP contribution < -0.4 is 5.32 Å². The van der Waals surface area contributed by atoms with Crippen LogP contribution >= 0.6 is 0 Å². The van der Waals surface area contributed by atoms with Gasteiger partial charge in [-0.05, 0) is 31.2 Å². The smallest absolute Gasteiger partial charge is 0.271 e. The van der Waals surface area contributed by atoms with Gasteiger partial charge in [0.25, 0.3) is 5.91 Å². The van der Waals surface area contributed by atoms with Gasteiger partial charge < -0.3 is 15.2 Å². The quantitative estimate of drug-likeness (QED) is 0.731. The lowest BCUT2D eigenvalue weighted by atomic mass is 9.74. The average molecular weight is 411 g/mol. The van der Waals surface area contributed by atoms with E-state index in [1.807, 2.05) is 18.2 Å². The lowest BCUT2D eigenvalue weighted by Gasteiger charge is -2.37. The average Bonchev–Trinajstić information content (AvgIpc) is 2.99. The summed E-state index contributed by atoms with van der Waals surface area (Å²) in [6.07, 6.45) is 7.50. The number of morpholine rings is 1. The first kappa shape index (κ1) is 20.9. The van der Waals surface area contributed by atoms with Crippen molar-refractivity contribution in [3.63, 3.8) is 0 Å². The first-order valence-electron chi connectivity index (χ1n) is 10.8. The number of aliphatic hydroxyl groups excluding tert-OH is 1. The van der Waals surface area contributed by atoms with E-state index in [-0.39, 0.29) is 23.5 Å². The molecule has 0 unspecified atom stereocenters. The van der Waals surface area contributed by atoms with Gasteiger partial charge in [0.05, 0.1) is 25.5 Å². The molecule has 1 aromatic carbocycles. The van der Waals surface area contributed by atoms with E-state index >= 15 is 0 Å². The second-order valence-electron chi connectivity index (χ2n) is 8.28.